The molecule has 0 amide bonds. The molecular weight excluding hydrogens is 234 g/mol. The molecule has 0 saturated heterocycles. The SMILES string of the molecule is CC(C)/[C]=N/OCc1ccccc1-c1ccccc1. The van der Waals surface area contributed by atoms with Gasteiger partial charge in [0.05, 0.1) is 0 Å². The Hall–Kier alpha value is -2.09. The lowest BCUT2D eigenvalue weighted by atomic mass is 10.0. The van der Waals surface area contributed by atoms with Gasteiger partial charge in [0.25, 0.3) is 0 Å². The molecule has 0 aliphatic carbocycles. The Kier molecular flexibility index (Phi) is 4.73. The molecule has 2 nitrogen and oxygen atoms in total. The highest BCUT2D eigenvalue weighted by Gasteiger charge is 2.04. The number of nitrogens with zero attached hydrogens (tertiary/aromatic N) is 1. The smallest absolute Gasteiger partial charge is 0.142 e. The summed E-state index contributed by atoms with van der Waals surface area (Å²) in [4.78, 5) is 5.31. The Morgan fingerprint density at radius 2 is 1.68 bits per heavy atom. The van der Waals surface area contributed by atoms with Crippen LogP contribution in [0.5, 0.6) is 0 Å². The van der Waals surface area contributed by atoms with E-state index in [0.717, 1.165) is 5.56 Å². The second kappa shape index (κ2) is 6.74. The van der Waals surface area contributed by atoms with Crippen molar-refractivity contribution in [2.75, 3.05) is 0 Å². The van der Waals surface area contributed by atoms with Crippen LogP contribution < -0.4 is 0 Å². The fourth-order valence-electron chi connectivity index (χ4n) is 1.79. The second-order valence-corrected chi connectivity index (χ2v) is 4.67. The summed E-state index contributed by atoms with van der Waals surface area (Å²) in [5.74, 6) is 0.282. The van der Waals surface area contributed by atoms with Crippen LogP contribution in [0.3, 0.4) is 0 Å². The third kappa shape index (κ3) is 3.95. The molecule has 97 valence electrons. The van der Waals surface area contributed by atoms with E-state index < -0.39 is 0 Å². The van der Waals surface area contributed by atoms with E-state index in [-0.39, 0.29) is 5.92 Å². The Labute approximate surface area is 114 Å². The first-order chi connectivity index (χ1) is 9.27. The highest BCUT2D eigenvalue weighted by Crippen LogP contribution is 2.23. The van der Waals surface area contributed by atoms with Crippen LogP contribution in [-0.2, 0) is 11.4 Å². The maximum atomic E-state index is 5.31. The van der Waals surface area contributed by atoms with Gasteiger partial charge in [-0.15, -0.1) is 0 Å². The summed E-state index contributed by atoms with van der Waals surface area (Å²) < 4.78 is 0. The van der Waals surface area contributed by atoms with Crippen LogP contribution in [0.2, 0.25) is 0 Å². The van der Waals surface area contributed by atoms with E-state index in [1.54, 1.807) is 0 Å². The van der Waals surface area contributed by atoms with Gasteiger partial charge in [0.15, 0.2) is 0 Å². The van der Waals surface area contributed by atoms with Crippen molar-refractivity contribution in [1.82, 2.24) is 0 Å². The average molecular weight is 252 g/mol. The quantitative estimate of drug-likeness (QED) is 0.571. The van der Waals surface area contributed by atoms with Crippen molar-refractivity contribution in [2.45, 2.75) is 20.5 Å². The van der Waals surface area contributed by atoms with Crippen LogP contribution in [0.25, 0.3) is 11.1 Å². The van der Waals surface area contributed by atoms with E-state index in [1.165, 1.54) is 11.1 Å². The van der Waals surface area contributed by atoms with Gasteiger partial charge in [-0.3, -0.25) is 0 Å². The molecule has 0 unspecified atom stereocenters. The van der Waals surface area contributed by atoms with Crippen molar-refractivity contribution < 1.29 is 4.84 Å². The molecule has 2 rings (SSSR count). The molecule has 0 aliphatic heterocycles. The summed E-state index contributed by atoms with van der Waals surface area (Å²) in [6.07, 6.45) is 2.88. The number of benzene rings is 2. The van der Waals surface area contributed by atoms with Gasteiger partial charge in [-0.1, -0.05) is 73.6 Å². The van der Waals surface area contributed by atoms with Crippen molar-refractivity contribution >= 4 is 6.21 Å². The van der Waals surface area contributed by atoms with Gasteiger partial charge >= 0.3 is 0 Å². The Bertz CT molecular complexity index is 532. The molecule has 2 heteroatoms. The molecule has 0 heterocycles. The van der Waals surface area contributed by atoms with E-state index in [0.29, 0.717) is 6.61 Å². The molecule has 0 aromatic heterocycles. The minimum atomic E-state index is 0.282. The van der Waals surface area contributed by atoms with E-state index >= 15 is 0 Å². The predicted molar refractivity (Wildman–Crippen MR) is 78.9 cm³/mol. The molecule has 0 aliphatic rings. The molecule has 0 fully saturated rings. The summed E-state index contributed by atoms with van der Waals surface area (Å²) in [5.41, 5.74) is 3.50. The van der Waals surface area contributed by atoms with Crippen molar-refractivity contribution in [1.29, 1.82) is 0 Å². The van der Waals surface area contributed by atoms with Gasteiger partial charge in [0.2, 0.25) is 0 Å². The van der Waals surface area contributed by atoms with Gasteiger partial charge in [0, 0.05) is 5.92 Å². The standard InChI is InChI=1S/C17H18NO/c1-14(2)12-18-19-13-16-10-6-7-11-17(16)15-8-4-3-5-9-15/h3-11,14H,13H2,1-2H3. The Morgan fingerprint density at radius 1 is 1.00 bits per heavy atom. The van der Waals surface area contributed by atoms with Crippen molar-refractivity contribution in [3.05, 3.63) is 60.2 Å². The molecule has 2 aromatic rings. The number of hydrogen-bond donors (Lipinski definition) is 0. The minimum Gasteiger partial charge on any atom is -0.391 e. The van der Waals surface area contributed by atoms with Crippen LogP contribution in [-0.4, -0.2) is 6.21 Å². The first-order valence-corrected chi connectivity index (χ1v) is 6.48. The lowest BCUT2D eigenvalue weighted by Gasteiger charge is -2.08. The third-order valence-corrected chi connectivity index (χ3v) is 2.70. The zero-order valence-corrected chi connectivity index (χ0v) is 11.3. The molecule has 0 bridgehead atoms. The van der Waals surface area contributed by atoms with Crippen molar-refractivity contribution in [2.24, 2.45) is 11.1 Å². The molecule has 1 radical (unpaired) electrons. The second-order valence-electron chi connectivity index (χ2n) is 4.67. The van der Waals surface area contributed by atoms with Gasteiger partial charge in [-0.05, 0) is 16.7 Å². The monoisotopic (exact) mass is 252 g/mol. The summed E-state index contributed by atoms with van der Waals surface area (Å²) in [6.45, 7) is 4.50. The lowest BCUT2D eigenvalue weighted by molar-refractivity contribution is 0.131. The maximum absolute atomic E-state index is 5.31. The van der Waals surface area contributed by atoms with E-state index in [9.17, 15) is 0 Å². The van der Waals surface area contributed by atoms with Crippen LogP contribution >= 0.6 is 0 Å². The van der Waals surface area contributed by atoms with Gasteiger partial charge < -0.3 is 4.84 Å². The van der Waals surface area contributed by atoms with Crippen LogP contribution in [0.15, 0.2) is 59.8 Å². The van der Waals surface area contributed by atoms with Crippen LogP contribution in [0.4, 0.5) is 0 Å². The molecule has 0 spiro atoms. The summed E-state index contributed by atoms with van der Waals surface area (Å²) >= 11 is 0. The summed E-state index contributed by atoms with van der Waals surface area (Å²) in [6, 6.07) is 18.5. The van der Waals surface area contributed by atoms with Crippen LogP contribution in [0, 0.1) is 5.92 Å². The highest BCUT2D eigenvalue weighted by atomic mass is 16.6. The first-order valence-electron chi connectivity index (χ1n) is 6.48. The van der Waals surface area contributed by atoms with Crippen molar-refractivity contribution in [3.8, 4) is 11.1 Å². The number of hydrogen-bond acceptors (Lipinski definition) is 2. The molecule has 19 heavy (non-hydrogen) atoms. The predicted octanol–water partition coefficient (Wildman–Crippen LogP) is 4.39. The topological polar surface area (TPSA) is 21.6 Å². The van der Waals surface area contributed by atoms with Crippen LogP contribution in [0.1, 0.15) is 19.4 Å². The Morgan fingerprint density at radius 3 is 2.42 bits per heavy atom. The fourth-order valence-corrected chi connectivity index (χ4v) is 1.79. The first kappa shape index (κ1) is 13.3. The summed E-state index contributed by atoms with van der Waals surface area (Å²) in [7, 11) is 0. The largest absolute Gasteiger partial charge is 0.391 e. The Balaban J connectivity index is 2.13. The summed E-state index contributed by atoms with van der Waals surface area (Å²) in [5, 5.41) is 3.85. The average Bonchev–Trinajstić information content (AvgIpc) is 2.45. The maximum Gasteiger partial charge on any atom is 0.142 e. The van der Waals surface area contributed by atoms with Gasteiger partial charge in [0.1, 0.15) is 12.8 Å². The third-order valence-electron chi connectivity index (χ3n) is 2.70. The van der Waals surface area contributed by atoms with Crippen molar-refractivity contribution in [3.63, 3.8) is 0 Å². The van der Waals surface area contributed by atoms with E-state index in [1.807, 2.05) is 44.2 Å². The molecular formula is C17H18NO. The van der Waals surface area contributed by atoms with Gasteiger partial charge in [-0.2, -0.15) is 0 Å². The normalized spacial score (nSPS) is 11.1. The molecule has 0 N–H and O–H groups in total. The molecule has 0 atom stereocenters. The zero-order chi connectivity index (χ0) is 13.5. The van der Waals surface area contributed by atoms with Gasteiger partial charge in [-0.25, -0.2) is 0 Å². The minimum absolute atomic E-state index is 0.282. The zero-order valence-electron chi connectivity index (χ0n) is 11.3. The molecule has 0 saturated carbocycles. The lowest BCUT2D eigenvalue weighted by Crippen LogP contribution is -1.93. The highest BCUT2D eigenvalue weighted by molar-refractivity contribution is 5.67. The fraction of sp³-hybridized carbons (Fsp3) is 0.235. The number of rotatable bonds is 5. The van der Waals surface area contributed by atoms with E-state index in [4.69, 9.17) is 4.84 Å². The molecule has 2 aromatic carbocycles. The van der Waals surface area contributed by atoms with E-state index in [2.05, 4.69) is 35.6 Å².